The molecule has 0 saturated carbocycles. The molecule has 0 unspecified atom stereocenters. The van der Waals surface area contributed by atoms with E-state index in [9.17, 15) is 14.0 Å². The molecule has 3 N–H and O–H groups in total. The number of carbonyl (C=O) groups is 2. The van der Waals surface area contributed by atoms with E-state index >= 15 is 0 Å². The Labute approximate surface area is 196 Å². The van der Waals surface area contributed by atoms with Crippen molar-refractivity contribution in [2.45, 2.75) is 19.8 Å². The molecule has 5 rings (SSSR count). The van der Waals surface area contributed by atoms with Crippen molar-refractivity contribution in [2.24, 2.45) is 0 Å². The van der Waals surface area contributed by atoms with Crippen LogP contribution in [0.4, 0.5) is 10.2 Å². The number of fused-ring (bicyclic) bond motifs is 2. The number of amides is 2. The van der Waals surface area contributed by atoms with Crippen molar-refractivity contribution in [1.82, 2.24) is 25.2 Å². The normalized spacial score (nSPS) is 14.2. The van der Waals surface area contributed by atoms with Crippen LogP contribution in [0.2, 0.25) is 0 Å². The van der Waals surface area contributed by atoms with E-state index in [2.05, 4.69) is 25.2 Å². The third-order valence-corrected chi connectivity index (χ3v) is 6.42. The number of hydrogen-bond donors (Lipinski definition) is 3. The van der Waals surface area contributed by atoms with Crippen molar-refractivity contribution >= 4 is 39.6 Å². The number of anilines is 1. The van der Waals surface area contributed by atoms with Crippen LogP contribution >= 0.6 is 0 Å². The number of nitrogens with zero attached hydrogens (tertiary/aromatic N) is 3. The van der Waals surface area contributed by atoms with E-state index in [0.717, 1.165) is 38.9 Å². The van der Waals surface area contributed by atoms with Gasteiger partial charge in [-0.3, -0.25) is 9.59 Å². The van der Waals surface area contributed by atoms with E-state index < -0.39 is 0 Å². The zero-order valence-corrected chi connectivity index (χ0v) is 19.0. The second kappa shape index (κ2) is 9.17. The molecule has 176 valence electrons. The zero-order valence-electron chi connectivity index (χ0n) is 19.0. The van der Waals surface area contributed by atoms with E-state index in [1.165, 1.54) is 19.1 Å². The van der Waals surface area contributed by atoms with Crippen LogP contribution in [0.5, 0.6) is 0 Å². The van der Waals surface area contributed by atoms with Crippen LogP contribution in [0.25, 0.3) is 21.9 Å². The first-order valence-corrected chi connectivity index (χ1v) is 11.5. The summed E-state index contributed by atoms with van der Waals surface area (Å²) in [7, 11) is 0. The molecule has 1 aliphatic heterocycles. The predicted molar refractivity (Wildman–Crippen MR) is 129 cm³/mol. The molecule has 9 heteroatoms. The molecule has 1 saturated heterocycles. The molecule has 0 atom stereocenters. The van der Waals surface area contributed by atoms with Gasteiger partial charge >= 0.3 is 0 Å². The first-order chi connectivity index (χ1) is 16.5. The number of hydrogen-bond acceptors (Lipinski definition) is 4. The van der Waals surface area contributed by atoms with Gasteiger partial charge in [-0.2, -0.15) is 0 Å². The minimum atomic E-state index is -0.290. The van der Waals surface area contributed by atoms with Crippen LogP contribution < -0.4 is 10.2 Å². The average Bonchev–Trinajstić information content (AvgIpc) is 3.40. The van der Waals surface area contributed by atoms with Crippen LogP contribution in [0.3, 0.4) is 0 Å². The van der Waals surface area contributed by atoms with Gasteiger partial charge in [0.2, 0.25) is 11.8 Å². The van der Waals surface area contributed by atoms with Gasteiger partial charge in [0.05, 0.1) is 6.42 Å². The van der Waals surface area contributed by atoms with Crippen molar-refractivity contribution in [3.8, 4) is 0 Å². The van der Waals surface area contributed by atoms with Gasteiger partial charge in [0.15, 0.2) is 0 Å². The van der Waals surface area contributed by atoms with E-state index in [-0.39, 0.29) is 17.6 Å². The molecule has 8 nitrogen and oxygen atoms in total. The number of carbonyl (C=O) groups excluding carboxylic acids is 2. The Hall–Kier alpha value is -3.88. The monoisotopic (exact) mass is 462 g/mol. The van der Waals surface area contributed by atoms with Crippen molar-refractivity contribution in [1.29, 1.82) is 0 Å². The summed E-state index contributed by atoms with van der Waals surface area (Å²) in [4.78, 5) is 39.3. The van der Waals surface area contributed by atoms with Crippen molar-refractivity contribution in [3.05, 3.63) is 59.7 Å². The van der Waals surface area contributed by atoms with Gasteiger partial charge in [-0.1, -0.05) is 0 Å². The molecule has 1 aromatic carbocycles. The van der Waals surface area contributed by atoms with Crippen LogP contribution in [-0.4, -0.2) is 64.4 Å². The molecule has 2 amide bonds. The van der Waals surface area contributed by atoms with Gasteiger partial charge in [-0.05, 0) is 42.3 Å². The smallest absolute Gasteiger partial charge is 0.227 e. The largest absolute Gasteiger partial charge is 0.356 e. The number of nitrogens with one attached hydrogen (secondary N) is 3. The number of halogens is 1. The standard InChI is InChI=1S/C25H27FN6O2/c1-16(33)27-8-6-20-21-14-18(26)4-5-22(21)30-25(20)32-11-9-31(10-12-32)23(34)13-17-15-29-24-19(17)3-2-7-28-24/h2-5,7,14-15,30H,6,8-13H2,1H3,(H,27,33)(H,28,29). The maximum atomic E-state index is 14.0. The minimum absolute atomic E-state index is 0.0917. The first kappa shape index (κ1) is 21.9. The summed E-state index contributed by atoms with van der Waals surface area (Å²) < 4.78 is 14.0. The summed E-state index contributed by atoms with van der Waals surface area (Å²) in [5, 5.41) is 4.63. The summed E-state index contributed by atoms with van der Waals surface area (Å²) in [5.41, 5.74) is 3.58. The molecule has 1 aliphatic rings. The van der Waals surface area contributed by atoms with E-state index in [1.807, 2.05) is 23.2 Å². The van der Waals surface area contributed by atoms with Gasteiger partial charge in [0, 0.05) is 73.9 Å². The molecule has 0 bridgehead atoms. The number of piperazine rings is 1. The topological polar surface area (TPSA) is 97.1 Å². The predicted octanol–water partition coefficient (Wildman–Crippen LogP) is 2.75. The fraction of sp³-hybridized carbons (Fsp3) is 0.320. The Morgan fingerprint density at radius 3 is 2.76 bits per heavy atom. The van der Waals surface area contributed by atoms with Gasteiger partial charge in [0.1, 0.15) is 17.3 Å². The van der Waals surface area contributed by atoms with Crippen LogP contribution in [0, 0.1) is 5.82 Å². The average molecular weight is 463 g/mol. The van der Waals surface area contributed by atoms with Gasteiger partial charge in [-0.25, -0.2) is 9.37 Å². The Morgan fingerprint density at radius 1 is 1.15 bits per heavy atom. The summed E-state index contributed by atoms with van der Waals surface area (Å²) >= 11 is 0. The Balaban J connectivity index is 1.29. The van der Waals surface area contributed by atoms with Crippen molar-refractivity contribution < 1.29 is 14.0 Å². The highest BCUT2D eigenvalue weighted by atomic mass is 19.1. The van der Waals surface area contributed by atoms with Gasteiger partial charge in [0.25, 0.3) is 0 Å². The second-order valence-corrected chi connectivity index (χ2v) is 8.63. The lowest BCUT2D eigenvalue weighted by atomic mass is 10.1. The Bertz CT molecular complexity index is 1350. The van der Waals surface area contributed by atoms with Gasteiger partial charge in [-0.15, -0.1) is 0 Å². The number of benzene rings is 1. The van der Waals surface area contributed by atoms with Crippen LogP contribution in [-0.2, 0) is 22.4 Å². The molecule has 4 aromatic rings. The summed E-state index contributed by atoms with van der Waals surface area (Å²) in [6.45, 7) is 4.51. The minimum Gasteiger partial charge on any atom is -0.356 e. The van der Waals surface area contributed by atoms with Crippen molar-refractivity contribution in [2.75, 3.05) is 37.6 Å². The zero-order chi connectivity index (χ0) is 23.7. The molecule has 1 fully saturated rings. The highest BCUT2D eigenvalue weighted by Crippen LogP contribution is 2.31. The lowest BCUT2D eigenvalue weighted by molar-refractivity contribution is -0.130. The van der Waals surface area contributed by atoms with E-state index in [1.54, 1.807) is 12.3 Å². The van der Waals surface area contributed by atoms with Gasteiger partial charge < -0.3 is 25.1 Å². The Kier molecular flexibility index (Phi) is 5.91. The van der Waals surface area contributed by atoms with Crippen LogP contribution in [0.15, 0.2) is 42.7 Å². The molecule has 0 spiro atoms. The third kappa shape index (κ3) is 4.33. The lowest BCUT2D eigenvalue weighted by Crippen LogP contribution is -2.49. The lowest BCUT2D eigenvalue weighted by Gasteiger charge is -2.36. The maximum Gasteiger partial charge on any atom is 0.227 e. The Morgan fingerprint density at radius 2 is 1.97 bits per heavy atom. The van der Waals surface area contributed by atoms with Crippen molar-refractivity contribution in [3.63, 3.8) is 0 Å². The maximum absolute atomic E-state index is 14.0. The molecular weight excluding hydrogens is 435 g/mol. The molecular formula is C25H27FN6O2. The summed E-state index contributed by atoms with van der Waals surface area (Å²) in [6.07, 6.45) is 4.51. The fourth-order valence-corrected chi connectivity index (χ4v) is 4.71. The number of aromatic amines is 2. The summed E-state index contributed by atoms with van der Waals surface area (Å²) in [5.74, 6) is 0.641. The highest BCUT2D eigenvalue weighted by molar-refractivity contribution is 5.90. The molecule has 0 aliphatic carbocycles. The third-order valence-electron chi connectivity index (χ3n) is 6.42. The number of H-pyrrole nitrogens is 2. The molecule has 3 aromatic heterocycles. The van der Waals surface area contributed by atoms with E-state index in [0.29, 0.717) is 45.6 Å². The highest BCUT2D eigenvalue weighted by Gasteiger charge is 2.25. The second-order valence-electron chi connectivity index (χ2n) is 8.63. The molecule has 34 heavy (non-hydrogen) atoms. The van der Waals surface area contributed by atoms with Crippen LogP contribution in [0.1, 0.15) is 18.1 Å². The number of pyridine rings is 1. The first-order valence-electron chi connectivity index (χ1n) is 11.5. The molecule has 4 heterocycles. The molecule has 0 radical (unpaired) electrons. The quantitative estimate of drug-likeness (QED) is 0.411. The summed E-state index contributed by atoms with van der Waals surface area (Å²) in [6, 6.07) is 8.57. The fourth-order valence-electron chi connectivity index (χ4n) is 4.71. The SMILES string of the molecule is CC(=O)NCCc1c(N2CCN(C(=O)Cc3c[nH]c4ncccc34)CC2)[nH]c2ccc(F)cc12. The number of aromatic nitrogens is 3. The number of rotatable bonds is 6. The van der Waals surface area contributed by atoms with E-state index in [4.69, 9.17) is 0 Å².